The monoisotopic (exact) mass is 584 g/mol. The van der Waals surface area contributed by atoms with Crippen LogP contribution in [0.5, 0.6) is 0 Å². The first kappa shape index (κ1) is 28.1. The number of likely N-dealkylation sites (tertiary alicyclic amines) is 1. The fraction of sp³-hybridized carbons (Fsp3) is 0.433. The molecule has 3 aliphatic heterocycles. The molecule has 0 radical (unpaired) electrons. The summed E-state index contributed by atoms with van der Waals surface area (Å²) in [6.45, 7) is 8.38. The molecule has 0 unspecified atom stereocenters. The number of thioether (sulfide) groups is 1. The van der Waals surface area contributed by atoms with E-state index in [2.05, 4.69) is 25.7 Å². The Morgan fingerprint density at radius 1 is 1.03 bits per heavy atom. The lowest BCUT2D eigenvalue weighted by atomic mass is 9.81. The van der Waals surface area contributed by atoms with Crippen LogP contribution in [0.4, 0.5) is 0 Å². The first-order chi connectivity index (χ1) is 18.4. The van der Waals surface area contributed by atoms with E-state index in [0.717, 1.165) is 28.4 Å². The van der Waals surface area contributed by atoms with Gasteiger partial charge in [0.05, 0.1) is 6.04 Å². The molecular weight excluding hydrogens is 551 g/mol. The molecule has 0 bridgehead atoms. The van der Waals surface area contributed by atoms with E-state index in [1.54, 1.807) is 23.9 Å². The van der Waals surface area contributed by atoms with Gasteiger partial charge in [-0.2, -0.15) is 0 Å². The number of carbonyl (C=O) groups is 2. The predicted molar refractivity (Wildman–Crippen MR) is 160 cm³/mol. The normalized spacial score (nSPS) is 26.4. The lowest BCUT2D eigenvalue weighted by Gasteiger charge is -2.37. The van der Waals surface area contributed by atoms with Gasteiger partial charge >= 0.3 is 0 Å². The zero-order valence-corrected chi connectivity index (χ0v) is 25.4. The number of amidine groups is 1. The van der Waals surface area contributed by atoms with Gasteiger partial charge in [-0.15, -0.1) is 0 Å². The van der Waals surface area contributed by atoms with Gasteiger partial charge in [-0.3, -0.25) is 9.59 Å². The fourth-order valence-corrected chi connectivity index (χ4v) is 7.65. The third kappa shape index (κ3) is 4.76. The average Bonchev–Trinajstić information content (AvgIpc) is 3.53. The summed E-state index contributed by atoms with van der Waals surface area (Å²) in [5.41, 5.74) is 2.41. The minimum atomic E-state index is -0.625. The van der Waals surface area contributed by atoms with Gasteiger partial charge in [-0.25, -0.2) is 4.99 Å². The number of hydrogen-bond acceptors (Lipinski definition) is 5. The molecule has 2 aromatic rings. The topological polar surface area (TPSA) is 56.2 Å². The Balaban J connectivity index is 1.62. The van der Waals surface area contributed by atoms with Gasteiger partial charge in [0.15, 0.2) is 5.17 Å². The molecule has 1 fully saturated rings. The molecule has 0 spiro atoms. The maximum absolute atomic E-state index is 14.3. The molecule has 2 aromatic carbocycles. The molecule has 4 atom stereocenters. The van der Waals surface area contributed by atoms with Crippen molar-refractivity contribution in [2.75, 3.05) is 14.1 Å². The molecule has 2 amide bonds. The van der Waals surface area contributed by atoms with E-state index in [4.69, 9.17) is 28.2 Å². The zero-order valence-electron chi connectivity index (χ0n) is 23.1. The molecule has 1 saturated heterocycles. The zero-order chi connectivity index (χ0) is 28.2. The van der Waals surface area contributed by atoms with E-state index < -0.39 is 11.6 Å². The predicted octanol–water partition coefficient (Wildman–Crippen LogP) is 6.70. The molecule has 0 saturated carbocycles. The Bertz CT molecular complexity index is 1360. The number of aliphatic imine (C=N–C) groups is 1. The van der Waals surface area contributed by atoms with Crippen LogP contribution in [0.25, 0.3) is 0 Å². The maximum atomic E-state index is 14.3. The fourth-order valence-electron chi connectivity index (χ4n) is 6.05. The Hall–Kier alpha value is -2.48. The second-order valence-corrected chi connectivity index (χ2v) is 13.1. The van der Waals surface area contributed by atoms with Crippen molar-refractivity contribution in [3.63, 3.8) is 0 Å². The summed E-state index contributed by atoms with van der Waals surface area (Å²) in [6, 6.07) is 15.0. The van der Waals surface area contributed by atoms with Gasteiger partial charge in [-0.05, 0) is 79.8 Å². The number of benzene rings is 2. The number of likely N-dealkylation sites (N-methyl/N-ethyl adjacent to an activating group) is 1. The van der Waals surface area contributed by atoms with Gasteiger partial charge in [0, 0.05) is 35.9 Å². The molecular formula is C30H34Cl2N4O2S. The molecule has 0 N–H and O–H groups in total. The Kier molecular flexibility index (Phi) is 7.55. The highest BCUT2D eigenvalue weighted by atomic mass is 35.5. The average molecular weight is 586 g/mol. The smallest absolute Gasteiger partial charge is 0.263 e. The summed E-state index contributed by atoms with van der Waals surface area (Å²) in [5, 5.41) is 2.13. The SMILES string of the molecule is CC(C)C1=C(C(=O)N2[C@H](C)CC[C@H]2C(=O)N(C)C)SC2=N[C@@](C)(c3ccc(Cl)cc3)[C@@H](c3ccc(Cl)cc3)N21. The van der Waals surface area contributed by atoms with Gasteiger partial charge < -0.3 is 14.7 Å². The second-order valence-electron chi connectivity index (χ2n) is 11.2. The van der Waals surface area contributed by atoms with Crippen LogP contribution in [0.1, 0.15) is 57.7 Å². The number of hydrogen-bond donors (Lipinski definition) is 0. The summed E-state index contributed by atoms with van der Waals surface area (Å²) in [7, 11) is 3.49. The van der Waals surface area contributed by atoms with E-state index in [-0.39, 0.29) is 29.8 Å². The summed E-state index contributed by atoms with van der Waals surface area (Å²) in [5.74, 6) is -0.0731. The van der Waals surface area contributed by atoms with Crippen LogP contribution in [0.3, 0.4) is 0 Å². The summed E-state index contributed by atoms with van der Waals surface area (Å²) in [6.07, 6.45) is 1.48. The first-order valence-corrected chi connectivity index (χ1v) is 14.9. The van der Waals surface area contributed by atoms with Crippen LogP contribution < -0.4 is 0 Å². The highest BCUT2D eigenvalue weighted by molar-refractivity contribution is 8.18. The first-order valence-electron chi connectivity index (χ1n) is 13.3. The number of halogens is 2. The number of allylic oxidation sites excluding steroid dienone is 1. The molecule has 6 nitrogen and oxygen atoms in total. The van der Waals surface area contributed by atoms with Crippen LogP contribution in [-0.2, 0) is 15.1 Å². The number of fused-ring (bicyclic) bond motifs is 1. The highest BCUT2D eigenvalue weighted by Gasteiger charge is 2.54. The molecule has 3 heterocycles. The molecule has 0 aromatic heterocycles. The lowest BCUT2D eigenvalue weighted by molar-refractivity contribution is -0.141. The van der Waals surface area contributed by atoms with Crippen LogP contribution >= 0.6 is 35.0 Å². The van der Waals surface area contributed by atoms with Crippen molar-refractivity contribution in [3.05, 3.63) is 80.3 Å². The van der Waals surface area contributed by atoms with Crippen molar-refractivity contribution < 1.29 is 9.59 Å². The number of rotatable bonds is 5. The largest absolute Gasteiger partial charge is 0.347 e. The number of amides is 2. The van der Waals surface area contributed by atoms with Gasteiger partial charge in [0.25, 0.3) is 5.91 Å². The van der Waals surface area contributed by atoms with Crippen LogP contribution in [-0.4, -0.2) is 57.9 Å². The quantitative estimate of drug-likeness (QED) is 0.392. The Labute approximate surface area is 245 Å². The molecule has 9 heteroatoms. The summed E-state index contributed by atoms with van der Waals surface area (Å²) < 4.78 is 0. The van der Waals surface area contributed by atoms with Crippen LogP contribution in [0.15, 0.2) is 64.1 Å². The van der Waals surface area contributed by atoms with E-state index in [9.17, 15) is 9.59 Å². The van der Waals surface area contributed by atoms with Crippen molar-refractivity contribution in [2.45, 2.75) is 64.2 Å². The maximum Gasteiger partial charge on any atom is 0.263 e. The third-order valence-corrected chi connectivity index (χ3v) is 9.56. The second kappa shape index (κ2) is 10.5. The van der Waals surface area contributed by atoms with Crippen LogP contribution in [0.2, 0.25) is 10.0 Å². The third-order valence-electron chi connectivity index (χ3n) is 7.99. The van der Waals surface area contributed by atoms with Crippen molar-refractivity contribution in [1.82, 2.24) is 14.7 Å². The summed E-state index contributed by atoms with van der Waals surface area (Å²) in [4.78, 5) is 38.9. The van der Waals surface area contributed by atoms with Crippen molar-refractivity contribution in [2.24, 2.45) is 10.9 Å². The van der Waals surface area contributed by atoms with Gasteiger partial charge in [0.2, 0.25) is 5.91 Å². The van der Waals surface area contributed by atoms with Crippen LogP contribution in [0, 0.1) is 5.92 Å². The van der Waals surface area contributed by atoms with E-state index in [1.165, 1.54) is 11.8 Å². The Morgan fingerprint density at radius 3 is 2.18 bits per heavy atom. The molecule has 39 heavy (non-hydrogen) atoms. The molecule has 0 aliphatic carbocycles. The minimum Gasteiger partial charge on any atom is -0.347 e. The molecule has 206 valence electrons. The molecule has 5 rings (SSSR count). The summed E-state index contributed by atoms with van der Waals surface area (Å²) >= 11 is 13.9. The van der Waals surface area contributed by atoms with Gasteiger partial charge in [0.1, 0.15) is 16.5 Å². The van der Waals surface area contributed by atoms with E-state index >= 15 is 0 Å². The molecule has 3 aliphatic rings. The number of nitrogens with zero attached hydrogens (tertiary/aromatic N) is 4. The Morgan fingerprint density at radius 2 is 1.62 bits per heavy atom. The van der Waals surface area contributed by atoms with Gasteiger partial charge in [-0.1, -0.05) is 61.3 Å². The standard InChI is InChI=1S/C30H34Cl2N4O2S/c1-17(2)24-25(28(38)35-18(3)7-16-23(35)27(37)34(5)6)39-29-33-30(4,20-10-14-22(32)15-11-20)26(36(24)29)19-8-12-21(31)13-9-19/h8-15,17-18,23,26H,7,16H2,1-6H3/t18-,23+,26-,30+/m1/s1. The number of carbonyl (C=O) groups excluding carboxylic acids is 2. The minimum absolute atomic E-state index is 0.0170. The van der Waals surface area contributed by atoms with E-state index in [0.29, 0.717) is 21.4 Å². The van der Waals surface area contributed by atoms with E-state index in [1.807, 2.05) is 55.5 Å². The van der Waals surface area contributed by atoms with Crippen molar-refractivity contribution in [3.8, 4) is 0 Å². The van der Waals surface area contributed by atoms with Crippen molar-refractivity contribution >= 4 is 51.9 Å². The lowest BCUT2D eigenvalue weighted by Crippen LogP contribution is -2.48. The highest BCUT2D eigenvalue weighted by Crippen LogP contribution is 2.56. The van der Waals surface area contributed by atoms with Crippen molar-refractivity contribution in [1.29, 1.82) is 0 Å².